The molecule has 0 aliphatic heterocycles. The van der Waals surface area contributed by atoms with E-state index >= 15 is 0 Å². The molecule has 0 unspecified atom stereocenters. The van der Waals surface area contributed by atoms with Crippen LogP contribution in [0.5, 0.6) is 0 Å². The Morgan fingerprint density at radius 1 is 1.06 bits per heavy atom. The molecule has 0 spiro atoms. The van der Waals surface area contributed by atoms with E-state index < -0.39 is 0 Å². The topological polar surface area (TPSA) is 46.9 Å². The van der Waals surface area contributed by atoms with Crippen LogP contribution in [0, 0.1) is 6.92 Å². The molecule has 154 valence electrons. The molecule has 31 heavy (non-hydrogen) atoms. The number of rotatable bonds is 6. The molecule has 3 aromatic carbocycles. The number of amides is 1. The monoisotopic (exact) mass is 443 g/mol. The quantitative estimate of drug-likeness (QED) is 0.312. The van der Waals surface area contributed by atoms with Crippen molar-refractivity contribution < 1.29 is 4.79 Å². The molecular weight excluding hydrogens is 422 g/mol. The molecule has 0 aliphatic carbocycles. The number of aryl methyl sites for hydroxylation is 1. The second kappa shape index (κ2) is 8.57. The van der Waals surface area contributed by atoms with E-state index in [0.717, 1.165) is 21.7 Å². The number of hydrogen-bond donors (Lipinski definition) is 1. The highest BCUT2D eigenvalue weighted by molar-refractivity contribution is 8.00. The van der Waals surface area contributed by atoms with Gasteiger partial charge in [-0.15, -0.1) is 11.8 Å². The van der Waals surface area contributed by atoms with Crippen molar-refractivity contribution in [2.24, 2.45) is 0 Å². The van der Waals surface area contributed by atoms with Crippen molar-refractivity contribution in [2.75, 3.05) is 11.1 Å². The third kappa shape index (κ3) is 4.36. The average Bonchev–Trinajstić information content (AvgIpc) is 3.33. The van der Waals surface area contributed by atoms with Crippen LogP contribution >= 0.6 is 23.1 Å². The Morgan fingerprint density at radius 3 is 2.77 bits per heavy atom. The minimum absolute atomic E-state index is 0.0421. The Bertz CT molecular complexity index is 1350. The summed E-state index contributed by atoms with van der Waals surface area (Å²) in [6, 6.07) is 24.8. The van der Waals surface area contributed by atoms with Crippen LogP contribution in [0.1, 0.15) is 11.1 Å². The Labute approximate surface area is 188 Å². The van der Waals surface area contributed by atoms with Gasteiger partial charge in [-0.25, -0.2) is 4.98 Å². The number of thiazole rings is 1. The molecule has 5 rings (SSSR count). The predicted octanol–water partition coefficient (Wildman–Crippen LogP) is 6.34. The first-order valence-corrected chi connectivity index (χ1v) is 11.9. The predicted molar refractivity (Wildman–Crippen MR) is 131 cm³/mol. The minimum atomic E-state index is -0.0421. The molecule has 2 heterocycles. The van der Waals surface area contributed by atoms with E-state index in [2.05, 4.69) is 70.5 Å². The zero-order valence-corrected chi connectivity index (χ0v) is 18.7. The van der Waals surface area contributed by atoms with Crippen molar-refractivity contribution in [3.63, 3.8) is 0 Å². The van der Waals surface area contributed by atoms with E-state index in [9.17, 15) is 4.79 Å². The summed E-state index contributed by atoms with van der Waals surface area (Å²) in [4.78, 5) is 18.2. The lowest BCUT2D eigenvalue weighted by atomic mass is 10.1. The number of fused-ring (bicyclic) bond motifs is 2. The highest BCUT2D eigenvalue weighted by Gasteiger charge is 2.13. The highest BCUT2D eigenvalue weighted by Crippen LogP contribution is 2.31. The van der Waals surface area contributed by atoms with Gasteiger partial charge in [-0.05, 0) is 30.7 Å². The van der Waals surface area contributed by atoms with Gasteiger partial charge in [-0.3, -0.25) is 4.79 Å². The van der Waals surface area contributed by atoms with Crippen molar-refractivity contribution in [2.45, 2.75) is 18.4 Å². The fraction of sp³-hybridized carbons (Fsp3) is 0.120. The molecule has 0 fully saturated rings. The maximum absolute atomic E-state index is 12.6. The van der Waals surface area contributed by atoms with Crippen LogP contribution in [0.25, 0.3) is 21.1 Å². The number of carbonyl (C=O) groups is 1. The van der Waals surface area contributed by atoms with Gasteiger partial charge in [-0.1, -0.05) is 71.5 Å². The van der Waals surface area contributed by atoms with Crippen LogP contribution in [0.2, 0.25) is 0 Å². The van der Waals surface area contributed by atoms with E-state index in [-0.39, 0.29) is 5.91 Å². The van der Waals surface area contributed by atoms with Gasteiger partial charge in [0.15, 0.2) is 5.13 Å². The number of para-hydroxylation sites is 2. The van der Waals surface area contributed by atoms with E-state index in [1.54, 1.807) is 11.8 Å². The lowest BCUT2D eigenvalue weighted by molar-refractivity contribution is -0.113. The number of anilines is 1. The summed E-state index contributed by atoms with van der Waals surface area (Å²) in [5.74, 6) is 0.300. The van der Waals surface area contributed by atoms with Gasteiger partial charge in [-0.2, -0.15) is 0 Å². The standard InChI is InChI=1S/C25H21N3OS2/c1-17-7-6-8-18(13-17)14-28-15-23(19-9-2-4-11-21(19)28)30-16-24(29)27-25-26-20-10-3-5-12-22(20)31-25/h2-13,15H,14,16H2,1H3,(H,26,27,29). The van der Waals surface area contributed by atoms with Gasteiger partial charge in [0.2, 0.25) is 5.91 Å². The average molecular weight is 444 g/mol. The Hall–Kier alpha value is -3.09. The number of carbonyl (C=O) groups excluding carboxylic acids is 1. The highest BCUT2D eigenvalue weighted by atomic mass is 32.2. The molecule has 0 saturated carbocycles. The van der Waals surface area contributed by atoms with Gasteiger partial charge in [0.1, 0.15) is 0 Å². The maximum Gasteiger partial charge on any atom is 0.236 e. The fourth-order valence-corrected chi connectivity index (χ4v) is 5.46. The van der Waals surface area contributed by atoms with E-state index in [1.165, 1.54) is 33.4 Å². The Balaban J connectivity index is 1.32. The van der Waals surface area contributed by atoms with Crippen molar-refractivity contribution in [3.8, 4) is 0 Å². The number of aromatic nitrogens is 2. The molecule has 0 saturated heterocycles. The molecular formula is C25H21N3OS2. The number of benzene rings is 3. The third-order valence-corrected chi connectivity index (χ3v) is 7.08. The summed E-state index contributed by atoms with van der Waals surface area (Å²) in [7, 11) is 0. The minimum Gasteiger partial charge on any atom is -0.342 e. The van der Waals surface area contributed by atoms with Crippen LogP contribution in [-0.4, -0.2) is 21.2 Å². The van der Waals surface area contributed by atoms with Gasteiger partial charge in [0.05, 0.1) is 16.0 Å². The number of nitrogens with one attached hydrogen (secondary N) is 1. The zero-order chi connectivity index (χ0) is 21.2. The first-order valence-electron chi connectivity index (χ1n) is 10.1. The molecule has 5 aromatic rings. The molecule has 2 aromatic heterocycles. The van der Waals surface area contributed by atoms with Crippen LogP contribution in [0.15, 0.2) is 83.9 Å². The zero-order valence-electron chi connectivity index (χ0n) is 17.0. The summed E-state index contributed by atoms with van der Waals surface area (Å²) in [5, 5.41) is 4.76. The lowest BCUT2D eigenvalue weighted by Gasteiger charge is -2.06. The van der Waals surface area contributed by atoms with Crippen LogP contribution in [-0.2, 0) is 11.3 Å². The third-order valence-electron chi connectivity index (χ3n) is 5.09. The number of thioether (sulfide) groups is 1. The lowest BCUT2D eigenvalue weighted by Crippen LogP contribution is -2.13. The molecule has 1 amide bonds. The fourth-order valence-electron chi connectivity index (χ4n) is 3.69. The van der Waals surface area contributed by atoms with E-state index in [4.69, 9.17) is 0 Å². The largest absolute Gasteiger partial charge is 0.342 e. The summed E-state index contributed by atoms with van der Waals surface area (Å²) >= 11 is 3.06. The first-order chi connectivity index (χ1) is 15.2. The van der Waals surface area contributed by atoms with Crippen molar-refractivity contribution in [3.05, 3.63) is 90.1 Å². The normalized spacial score (nSPS) is 11.3. The first kappa shape index (κ1) is 19.8. The van der Waals surface area contributed by atoms with Gasteiger partial charge >= 0.3 is 0 Å². The number of nitrogens with zero attached hydrogens (tertiary/aromatic N) is 2. The molecule has 0 atom stereocenters. The summed E-state index contributed by atoms with van der Waals surface area (Å²) in [6.07, 6.45) is 2.16. The van der Waals surface area contributed by atoms with E-state index in [1.807, 2.05) is 30.3 Å². The van der Waals surface area contributed by atoms with E-state index in [0.29, 0.717) is 10.9 Å². The second-order valence-electron chi connectivity index (χ2n) is 7.45. The van der Waals surface area contributed by atoms with Crippen molar-refractivity contribution in [1.29, 1.82) is 0 Å². The molecule has 1 N–H and O–H groups in total. The van der Waals surface area contributed by atoms with Crippen molar-refractivity contribution in [1.82, 2.24) is 9.55 Å². The summed E-state index contributed by atoms with van der Waals surface area (Å²) in [5.41, 5.74) is 4.62. The number of hydrogen-bond acceptors (Lipinski definition) is 4. The molecule has 0 radical (unpaired) electrons. The van der Waals surface area contributed by atoms with Crippen LogP contribution in [0.4, 0.5) is 5.13 Å². The van der Waals surface area contributed by atoms with Crippen molar-refractivity contribution >= 4 is 55.3 Å². The SMILES string of the molecule is Cc1cccc(Cn2cc(SCC(=O)Nc3nc4ccccc4s3)c3ccccc32)c1. The van der Waals surface area contributed by atoms with Gasteiger partial charge in [0, 0.05) is 28.5 Å². The van der Waals surface area contributed by atoms with Gasteiger partial charge < -0.3 is 9.88 Å². The second-order valence-corrected chi connectivity index (χ2v) is 9.50. The smallest absolute Gasteiger partial charge is 0.236 e. The van der Waals surface area contributed by atoms with Gasteiger partial charge in [0.25, 0.3) is 0 Å². The molecule has 6 heteroatoms. The van der Waals surface area contributed by atoms with Crippen LogP contribution in [0.3, 0.4) is 0 Å². The Morgan fingerprint density at radius 2 is 1.90 bits per heavy atom. The molecule has 0 aliphatic rings. The Kier molecular flexibility index (Phi) is 5.49. The maximum atomic E-state index is 12.6. The summed E-state index contributed by atoms with van der Waals surface area (Å²) in [6.45, 7) is 2.92. The summed E-state index contributed by atoms with van der Waals surface area (Å²) < 4.78 is 3.34. The molecule has 0 bridgehead atoms. The molecule has 4 nitrogen and oxygen atoms in total. The van der Waals surface area contributed by atoms with Crippen LogP contribution < -0.4 is 5.32 Å².